The van der Waals surface area contributed by atoms with Gasteiger partial charge in [0.05, 0.1) is 0 Å². The average Bonchev–Trinajstić information content (AvgIpc) is 2.42. The summed E-state index contributed by atoms with van der Waals surface area (Å²) in [4.78, 5) is 18.2. The maximum atomic E-state index is 12.6. The van der Waals surface area contributed by atoms with Gasteiger partial charge in [-0.2, -0.15) is 0 Å². The fourth-order valence-electron chi connectivity index (χ4n) is 2.39. The second-order valence-corrected chi connectivity index (χ2v) is 6.25. The number of aromatic nitrogens is 1. The summed E-state index contributed by atoms with van der Waals surface area (Å²) in [5.41, 5.74) is 2.87. The summed E-state index contributed by atoms with van der Waals surface area (Å²) in [5.74, 6) is 0. The van der Waals surface area contributed by atoms with Crippen LogP contribution in [0.5, 0.6) is 0 Å². The molecule has 2 rings (SSSR count). The lowest BCUT2D eigenvalue weighted by Crippen LogP contribution is -2.25. The first-order valence-electron chi connectivity index (χ1n) is 7.02. The molecule has 1 heterocycles. The van der Waals surface area contributed by atoms with Crippen molar-refractivity contribution in [3.05, 3.63) is 44.2 Å². The number of unbranched alkanes of at least 4 members (excludes halogenated alkanes) is 1. The summed E-state index contributed by atoms with van der Waals surface area (Å²) in [6.45, 7) is 5.88. The van der Waals surface area contributed by atoms with Gasteiger partial charge in [0.1, 0.15) is 0 Å². The molecular weight excluding hydrogens is 316 g/mol. The van der Waals surface area contributed by atoms with Gasteiger partial charge < -0.3 is 9.88 Å². The first-order chi connectivity index (χ1) is 9.52. The van der Waals surface area contributed by atoms with Crippen molar-refractivity contribution in [2.75, 3.05) is 13.6 Å². The number of rotatable bonds is 5. The van der Waals surface area contributed by atoms with Crippen LogP contribution in [0, 0.1) is 6.92 Å². The SMILES string of the molecule is CCCCN(C)Cc1c(C)[nH]c2ccc(Br)cc2c1=O. The van der Waals surface area contributed by atoms with Crippen molar-refractivity contribution in [1.29, 1.82) is 0 Å². The summed E-state index contributed by atoms with van der Waals surface area (Å²) >= 11 is 3.43. The van der Waals surface area contributed by atoms with Crippen LogP contribution in [0.1, 0.15) is 31.0 Å². The predicted octanol–water partition coefficient (Wildman–Crippen LogP) is 3.83. The van der Waals surface area contributed by atoms with Crippen molar-refractivity contribution < 1.29 is 0 Å². The molecule has 0 saturated heterocycles. The molecule has 3 nitrogen and oxygen atoms in total. The van der Waals surface area contributed by atoms with Crippen LogP contribution < -0.4 is 5.43 Å². The summed E-state index contributed by atoms with van der Waals surface area (Å²) in [6.07, 6.45) is 2.33. The number of halogens is 1. The van der Waals surface area contributed by atoms with E-state index in [-0.39, 0.29) is 5.43 Å². The molecule has 0 saturated carbocycles. The molecule has 108 valence electrons. The topological polar surface area (TPSA) is 36.1 Å². The summed E-state index contributed by atoms with van der Waals surface area (Å²) in [5, 5.41) is 0.754. The predicted molar refractivity (Wildman–Crippen MR) is 88.2 cm³/mol. The van der Waals surface area contributed by atoms with E-state index >= 15 is 0 Å². The second kappa shape index (κ2) is 6.55. The highest BCUT2D eigenvalue weighted by Crippen LogP contribution is 2.17. The normalized spacial score (nSPS) is 11.4. The van der Waals surface area contributed by atoms with Crippen molar-refractivity contribution in [2.45, 2.75) is 33.2 Å². The number of hydrogen-bond acceptors (Lipinski definition) is 2. The molecule has 0 aliphatic heterocycles. The first kappa shape index (κ1) is 15.3. The lowest BCUT2D eigenvalue weighted by Gasteiger charge is -2.17. The fourth-order valence-corrected chi connectivity index (χ4v) is 2.75. The molecular formula is C16H21BrN2O. The van der Waals surface area contributed by atoms with Gasteiger partial charge in [0, 0.05) is 33.2 Å². The molecule has 0 bridgehead atoms. The molecule has 0 aliphatic carbocycles. The minimum atomic E-state index is 0.140. The van der Waals surface area contributed by atoms with Crippen LogP contribution in [0.25, 0.3) is 10.9 Å². The summed E-state index contributed by atoms with van der Waals surface area (Å²) in [6, 6.07) is 5.78. The van der Waals surface area contributed by atoms with Crippen LogP contribution in [-0.2, 0) is 6.54 Å². The molecule has 0 radical (unpaired) electrons. The monoisotopic (exact) mass is 336 g/mol. The number of benzene rings is 1. The van der Waals surface area contributed by atoms with Crippen molar-refractivity contribution in [1.82, 2.24) is 9.88 Å². The number of aromatic amines is 1. The minimum Gasteiger partial charge on any atom is -0.358 e. The molecule has 0 amide bonds. The van der Waals surface area contributed by atoms with E-state index in [2.05, 4.69) is 39.8 Å². The van der Waals surface area contributed by atoms with Crippen LogP contribution in [-0.4, -0.2) is 23.5 Å². The minimum absolute atomic E-state index is 0.140. The smallest absolute Gasteiger partial charge is 0.194 e. The van der Waals surface area contributed by atoms with E-state index in [1.807, 2.05) is 25.1 Å². The zero-order valence-corrected chi connectivity index (χ0v) is 13.9. The van der Waals surface area contributed by atoms with Crippen molar-refractivity contribution in [3.8, 4) is 0 Å². The first-order valence-corrected chi connectivity index (χ1v) is 7.81. The van der Waals surface area contributed by atoms with Crippen molar-refractivity contribution in [2.24, 2.45) is 0 Å². The van der Waals surface area contributed by atoms with E-state index in [4.69, 9.17) is 0 Å². The van der Waals surface area contributed by atoms with E-state index in [0.717, 1.165) is 39.6 Å². The average molecular weight is 337 g/mol. The van der Waals surface area contributed by atoms with Crippen molar-refractivity contribution >= 4 is 26.8 Å². The quantitative estimate of drug-likeness (QED) is 0.900. The highest BCUT2D eigenvalue weighted by Gasteiger charge is 2.11. The second-order valence-electron chi connectivity index (χ2n) is 5.34. The molecule has 0 spiro atoms. The summed E-state index contributed by atoms with van der Waals surface area (Å²) < 4.78 is 0.935. The van der Waals surface area contributed by atoms with Gasteiger partial charge in [-0.15, -0.1) is 0 Å². The Balaban J connectivity index is 2.40. The van der Waals surface area contributed by atoms with E-state index in [0.29, 0.717) is 6.54 Å². The van der Waals surface area contributed by atoms with Crippen LogP contribution in [0.2, 0.25) is 0 Å². The van der Waals surface area contributed by atoms with E-state index in [9.17, 15) is 4.79 Å². The Morgan fingerprint density at radius 2 is 2.10 bits per heavy atom. The van der Waals surface area contributed by atoms with Gasteiger partial charge >= 0.3 is 0 Å². The molecule has 0 atom stereocenters. The lowest BCUT2D eigenvalue weighted by molar-refractivity contribution is 0.319. The molecule has 1 aromatic heterocycles. The largest absolute Gasteiger partial charge is 0.358 e. The fraction of sp³-hybridized carbons (Fsp3) is 0.438. The molecule has 0 aliphatic rings. The van der Waals surface area contributed by atoms with Crippen molar-refractivity contribution in [3.63, 3.8) is 0 Å². The number of H-pyrrole nitrogens is 1. The highest BCUT2D eigenvalue weighted by atomic mass is 79.9. The Morgan fingerprint density at radius 3 is 2.80 bits per heavy atom. The zero-order chi connectivity index (χ0) is 14.7. The summed E-state index contributed by atoms with van der Waals surface area (Å²) in [7, 11) is 2.07. The molecule has 20 heavy (non-hydrogen) atoms. The van der Waals surface area contributed by atoms with Gasteiger partial charge in [-0.05, 0) is 45.1 Å². The molecule has 1 aromatic carbocycles. The molecule has 0 fully saturated rings. The number of aryl methyl sites for hydroxylation is 1. The van der Waals surface area contributed by atoms with Gasteiger partial charge in [0.25, 0.3) is 0 Å². The molecule has 0 unspecified atom stereocenters. The van der Waals surface area contributed by atoms with Gasteiger partial charge in [-0.25, -0.2) is 0 Å². The van der Waals surface area contributed by atoms with E-state index < -0.39 is 0 Å². The van der Waals surface area contributed by atoms with Crippen LogP contribution in [0.4, 0.5) is 0 Å². The molecule has 1 N–H and O–H groups in total. The Morgan fingerprint density at radius 1 is 1.35 bits per heavy atom. The van der Waals surface area contributed by atoms with Gasteiger partial charge in [-0.1, -0.05) is 29.3 Å². The Bertz CT molecular complexity index is 663. The van der Waals surface area contributed by atoms with Gasteiger partial charge in [-0.3, -0.25) is 4.79 Å². The third-order valence-electron chi connectivity index (χ3n) is 3.60. The Hall–Kier alpha value is -1.13. The number of hydrogen-bond donors (Lipinski definition) is 1. The lowest BCUT2D eigenvalue weighted by atomic mass is 10.1. The number of fused-ring (bicyclic) bond motifs is 1. The van der Waals surface area contributed by atoms with Crippen LogP contribution in [0.15, 0.2) is 27.5 Å². The molecule has 2 aromatic rings. The van der Waals surface area contributed by atoms with Crippen LogP contribution >= 0.6 is 15.9 Å². The molecule has 4 heteroatoms. The van der Waals surface area contributed by atoms with E-state index in [1.54, 1.807) is 0 Å². The zero-order valence-electron chi connectivity index (χ0n) is 12.3. The van der Waals surface area contributed by atoms with Gasteiger partial charge in [0.2, 0.25) is 0 Å². The number of nitrogens with one attached hydrogen (secondary N) is 1. The maximum absolute atomic E-state index is 12.6. The van der Waals surface area contributed by atoms with E-state index in [1.165, 1.54) is 6.42 Å². The third-order valence-corrected chi connectivity index (χ3v) is 4.09. The van der Waals surface area contributed by atoms with Crippen LogP contribution in [0.3, 0.4) is 0 Å². The number of nitrogens with zero attached hydrogens (tertiary/aromatic N) is 1. The highest BCUT2D eigenvalue weighted by molar-refractivity contribution is 9.10. The Kier molecular flexibility index (Phi) is 5.00. The Labute approximate surface area is 128 Å². The van der Waals surface area contributed by atoms with Gasteiger partial charge in [0.15, 0.2) is 5.43 Å². The number of pyridine rings is 1. The standard InChI is InChI=1S/C16H21BrN2O/c1-4-5-8-19(3)10-14-11(2)18-15-7-6-12(17)9-13(15)16(14)20/h6-7,9H,4-5,8,10H2,1-3H3,(H,18,20). The maximum Gasteiger partial charge on any atom is 0.194 e. The third kappa shape index (κ3) is 3.30.